The lowest BCUT2D eigenvalue weighted by Crippen LogP contribution is -2.40. The standard InChI is InChI=1S/C31H29BrN4O7S/c1-7-43-30(38)27-17(3)33-31-35(28(27)22-14-24(41-5)25(42-6)15-23(22)32)29(37)26(44-31)13-19-12-16(2)34(18(19)4)20-8-10-21(11-9-20)36(39)40/h8-15,28H,7H2,1-6H3/b26-13-/t28-/m0/s1. The summed E-state index contributed by atoms with van der Waals surface area (Å²) in [6.07, 6.45) is 1.80. The summed E-state index contributed by atoms with van der Waals surface area (Å²) in [5, 5.41) is 11.1. The minimum absolute atomic E-state index is 0.00528. The van der Waals surface area contributed by atoms with Gasteiger partial charge in [-0.2, -0.15) is 0 Å². The van der Waals surface area contributed by atoms with Crippen LogP contribution < -0.4 is 24.4 Å². The number of halogens is 1. The maximum atomic E-state index is 14.2. The van der Waals surface area contributed by atoms with Crippen molar-refractivity contribution in [1.29, 1.82) is 0 Å². The number of thiazole rings is 1. The van der Waals surface area contributed by atoms with Crippen molar-refractivity contribution in [3.05, 3.63) is 111 Å². The lowest BCUT2D eigenvalue weighted by atomic mass is 9.95. The highest BCUT2D eigenvalue weighted by Gasteiger charge is 2.35. The van der Waals surface area contributed by atoms with E-state index in [0.29, 0.717) is 36.6 Å². The van der Waals surface area contributed by atoms with E-state index < -0.39 is 16.9 Å². The summed E-state index contributed by atoms with van der Waals surface area (Å²) >= 11 is 4.83. The third-order valence-corrected chi connectivity index (χ3v) is 9.06. The molecule has 0 saturated heterocycles. The number of methoxy groups -OCH3 is 2. The molecule has 0 radical (unpaired) electrons. The molecule has 11 nitrogen and oxygen atoms in total. The predicted molar refractivity (Wildman–Crippen MR) is 170 cm³/mol. The van der Waals surface area contributed by atoms with Gasteiger partial charge in [-0.25, -0.2) is 9.79 Å². The quantitative estimate of drug-likeness (QED) is 0.147. The van der Waals surface area contributed by atoms with Crippen LogP contribution in [0, 0.1) is 24.0 Å². The maximum Gasteiger partial charge on any atom is 0.338 e. The highest BCUT2D eigenvalue weighted by atomic mass is 79.9. The molecule has 0 amide bonds. The van der Waals surface area contributed by atoms with Gasteiger partial charge in [0, 0.05) is 33.7 Å². The lowest BCUT2D eigenvalue weighted by Gasteiger charge is -2.26. The summed E-state index contributed by atoms with van der Waals surface area (Å²) in [5.41, 5.74) is 4.28. The van der Waals surface area contributed by atoms with Crippen LogP contribution in [0.5, 0.6) is 11.5 Å². The van der Waals surface area contributed by atoms with E-state index in [-0.39, 0.29) is 23.4 Å². The van der Waals surface area contributed by atoms with Crippen LogP contribution in [0.4, 0.5) is 5.69 Å². The zero-order valence-corrected chi connectivity index (χ0v) is 27.2. The molecule has 4 aromatic rings. The Hall–Kier alpha value is -4.49. The summed E-state index contributed by atoms with van der Waals surface area (Å²) in [5.74, 6) is 0.350. The number of non-ortho nitro benzene ring substituents is 1. The van der Waals surface area contributed by atoms with Crippen LogP contribution in [-0.2, 0) is 9.53 Å². The number of allylic oxidation sites excluding steroid dienone is 1. The number of carbonyl (C=O) groups is 1. The Morgan fingerprint density at radius 1 is 1.11 bits per heavy atom. The van der Waals surface area contributed by atoms with Gasteiger partial charge >= 0.3 is 5.97 Å². The largest absolute Gasteiger partial charge is 0.493 e. The van der Waals surface area contributed by atoms with Gasteiger partial charge in [-0.05, 0) is 75.2 Å². The number of esters is 1. The van der Waals surface area contributed by atoms with Gasteiger partial charge in [0.2, 0.25) is 0 Å². The lowest BCUT2D eigenvalue weighted by molar-refractivity contribution is -0.384. The van der Waals surface area contributed by atoms with Gasteiger partial charge in [-0.15, -0.1) is 0 Å². The Kier molecular flexibility index (Phi) is 8.62. The molecule has 2 aromatic carbocycles. The Balaban J connectivity index is 1.70. The molecule has 0 aliphatic carbocycles. The molecule has 44 heavy (non-hydrogen) atoms. The van der Waals surface area contributed by atoms with E-state index in [0.717, 1.165) is 22.6 Å². The van der Waals surface area contributed by atoms with E-state index in [1.165, 1.54) is 42.3 Å². The monoisotopic (exact) mass is 680 g/mol. The van der Waals surface area contributed by atoms with Crippen molar-refractivity contribution in [2.24, 2.45) is 4.99 Å². The van der Waals surface area contributed by atoms with E-state index in [1.807, 2.05) is 24.5 Å². The Morgan fingerprint density at radius 2 is 1.77 bits per heavy atom. The molecule has 3 heterocycles. The number of nitrogens with zero attached hydrogens (tertiary/aromatic N) is 4. The molecular weight excluding hydrogens is 652 g/mol. The van der Waals surface area contributed by atoms with E-state index >= 15 is 0 Å². The topological polar surface area (TPSA) is 127 Å². The maximum absolute atomic E-state index is 14.2. The molecule has 1 atom stereocenters. The van der Waals surface area contributed by atoms with E-state index in [1.54, 1.807) is 44.2 Å². The normalized spacial score (nSPS) is 14.7. The summed E-state index contributed by atoms with van der Waals surface area (Å²) in [7, 11) is 3.04. The first kappa shape index (κ1) is 31.0. The van der Waals surface area contributed by atoms with Gasteiger partial charge in [0.15, 0.2) is 16.3 Å². The summed E-state index contributed by atoms with van der Waals surface area (Å²) in [6.45, 7) is 7.45. The highest BCUT2D eigenvalue weighted by molar-refractivity contribution is 9.10. The number of hydrogen-bond acceptors (Lipinski definition) is 9. The summed E-state index contributed by atoms with van der Waals surface area (Å²) < 4.78 is 20.9. The molecule has 228 valence electrons. The zero-order valence-electron chi connectivity index (χ0n) is 24.8. The van der Waals surface area contributed by atoms with Crippen molar-refractivity contribution in [2.75, 3.05) is 20.8 Å². The average molecular weight is 682 g/mol. The van der Waals surface area contributed by atoms with Crippen LogP contribution in [-0.4, -0.2) is 40.9 Å². The van der Waals surface area contributed by atoms with Crippen molar-refractivity contribution in [2.45, 2.75) is 33.7 Å². The van der Waals surface area contributed by atoms with Crippen molar-refractivity contribution in [3.8, 4) is 17.2 Å². The Morgan fingerprint density at radius 3 is 2.39 bits per heavy atom. The van der Waals surface area contributed by atoms with Gasteiger partial charge in [-0.3, -0.25) is 19.5 Å². The Labute approximate surface area is 264 Å². The molecule has 0 saturated carbocycles. The first-order valence-corrected chi connectivity index (χ1v) is 15.2. The Bertz CT molecular complexity index is 2020. The SMILES string of the molecule is CCOC(=O)C1=C(C)N=c2s/c(=C\c3cc(C)n(-c4ccc([N+](=O)[O-])cc4)c3C)c(=O)n2[C@H]1c1cc(OC)c(OC)cc1Br. The summed E-state index contributed by atoms with van der Waals surface area (Å²) in [6, 6.07) is 10.9. The third-order valence-electron chi connectivity index (χ3n) is 7.39. The molecule has 0 N–H and O–H groups in total. The van der Waals surface area contributed by atoms with Crippen LogP contribution >= 0.6 is 27.3 Å². The minimum Gasteiger partial charge on any atom is -0.493 e. The van der Waals surface area contributed by atoms with Crippen LogP contribution in [0.1, 0.15) is 42.4 Å². The number of aromatic nitrogens is 2. The van der Waals surface area contributed by atoms with Crippen LogP contribution in [0.15, 0.2) is 68.0 Å². The number of carbonyl (C=O) groups excluding carboxylic acids is 1. The molecule has 0 bridgehead atoms. The predicted octanol–water partition coefficient (Wildman–Crippen LogP) is 4.89. The first-order valence-electron chi connectivity index (χ1n) is 13.6. The first-order chi connectivity index (χ1) is 21.0. The number of aryl methyl sites for hydroxylation is 1. The third kappa shape index (κ3) is 5.37. The molecule has 0 fully saturated rings. The van der Waals surface area contributed by atoms with Crippen molar-refractivity contribution < 1.29 is 23.9 Å². The molecular formula is C31H29BrN4O7S. The van der Waals surface area contributed by atoms with E-state index in [4.69, 9.17) is 14.2 Å². The van der Waals surface area contributed by atoms with Gasteiger partial charge < -0.3 is 18.8 Å². The molecule has 5 rings (SSSR count). The van der Waals surface area contributed by atoms with Crippen molar-refractivity contribution >= 4 is 45.0 Å². The van der Waals surface area contributed by atoms with Crippen LogP contribution in [0.25, 0.3) is 11.8 Å². The highest BCUT2D eigenvalue weighted by Crippen LogP contribution is 2.40. The number of benzene rings is 2. The fourth-order valence-corrected chi connectivity index (χ4v) is 6.94. The number of ether oxygens (including phenoxy) is 3. The van der Waals surface area contributed by atoms with Gasteiger partial charge in [0.05, 0.1) is 47.6 Å². The zero-order chi connectivity index (χ0) is 31.9. The minimum atomic E-state index is -0.853. The molecule has 0 unspecified atom stereocenters. The molecule has 1 aliphatic rings. The van der Waals surface area contributed by atoms with Crippen LogP contribution in [0.2, 0.25) is 0 Å². The number of hydrogen-bond donors (Lipinski definition) is 0. The number of nitro groups is 1. The molecule has 13 heteroatoms. The second kappa shape index (κ2) is 12.2. The smallest absolute Gasteiger partial charge is 0.338 e. The number of fused-ring (bicyclic) bond motifs is 1. The van der Waals surface area contributed by atoms with E-state index in [9.17, 15) is 19.7 Å². The van der Waals surface area contributed by atoms with Crippen molar-refractivity contribution in [1.82, 2.24) is 9.13 Å². The summed E-state index contributed by atoms with van der Waals surface area (Å²) in [4.78, 5) is 43.2. The number of nitro benzene ring substituents is 1. The van der Waals surface area contributed by atoms with Gasteiger partial charge in [0.1, 0.15) is 0 Å². The molecule has 2 aromatic heterocycles. The van der Waals surface area contributed by atoms with Crippen molar-refractivity contribution in [3.63, 3.8) is 0 Å². The van der Waals surface area contributed by atoms with E-state index in [2.05, 4.69) is 20.9 Å². The van der Waals surface area contributed by atoms with Gasteiger partial charge in [0.25, 0.3) is 11.2 Å². The van der Waals surface area contributed by atoms with Gasteiger partial charge in [-0.1, -0.05) is 27.3 Å². The van der Waals surface area contributed by atoms with Crippen LogP contribution in [0.3, 0.4) is 0 Å². The number of rotatable bonds is 8. The fourth-order valence-electron chi connectivity index (χ4n) is 5.36. The second-order valence-electron chi connectivity index (χ2n) is 9.97. The average Bonchev–Trinajstić information content (AvgIpc) is 3.45. The molecule has 0 spiro atoms. The fraction of sp³-hybridized carbons (Fsp3) is 0.258. The second-order valence-corrected chi connectivity index (χ2v) is 11.8. The molecule has 1 aliphatic heterocycles.